The van der Waals surface area contributed by atoms with E-state index >= 15 is 0 Å². The van der Waals surface area contributed by atoms with Crippen molar-refractivity contribution in [2.45, 2.75) is 78.9 Å². The second kappa shape index (κ2) is 7.67. The average Bonchev–Trinajstić information content (AvgIpc) is 2.33. The van der Waals surface area contributed by atoms with Crippen LogP contribution in [-0.4, -0.2) is 42.8 Å². The zero-order valence-electron chi connectivity index (χ0n) is 15.7. The number of carbonyl (C=O) groups excluding carboxylic acids is 1. The lowest BCUT2D eigenvalue weighted by Gasteiger charge is -2.39. The zero-order valence-corrected chi connectivity index (χ0v) is 15.7. The predicted octanol–water partition coefficient (Wildman–Crippen LogP) is 4.05. The molecule has 1 aliphatic rings. The van der Waals surface area contributed by atoms with Gasteiger partial charge in [-0.15, -0.1) is 0 Å². The van der Waals surface area contributed by atoms with Gasteiger partial charge in [0.15, 0.2) is 0 Å². The number of ether oxygens (including phenoxy) is 1. The summed E-state index contributed by atoms with van der Waals surface area (Å²) in [4.78, 5) is 13.5. The Kier molecular flexibility index (Phi) is 6.72. The molecule has 0 radical (unpaired) electrons. The van der Waals surface area contributed by atoms with E-state index in [1.165, 1.54) is 19.3 Å². The van der Waals surface area contributed by atoms with Crippen LogP contribution in [0.3, 0.4) is 0 Å². The topological polar surface area (TPSA) is 41.6 Å². The van der Waals surface area contributed by atoms with Gasteiger partial charge >= 0.3 is 6.09 Å². The minimum Gasteiger partial charge on any atom is -0.444 e. The Labute approximate surface area is 137 Å². The summed E-state index contributed by atoms with van der Waals surface area (Å²) >= 11 is 0. The van der Waals surface area contributed by atoms with Crippen LogP contribution >= 0.6 is 0 Å². The van der Waals surface area contributed by atoms with Crippen molar-refractivity contribution in [1.82, 2.24) is 10.2 Å². The summed E-state index contributed by atoms with van der Waals surface area (Å²) < 4.78 is 5.35. The minimum atomic E-state index is -0.423. The molecule has 0 aromatic carbocycles. The van der Waals surface area contributed by atoms with Gasteiger partial charge in [-0.25, -0.2) is 4.79 Å². The summed E-state index contributed by atoms with van der Waals surface area (Å²) in [6.07, 6.45) is 4.58. The molecule has 2 atom stereocenters. The number of rotatable bonds is 5. The SMILES string of the molecule is CC1CC(C)(C)CCC1NCCCN(C)C(=O)OC(C)(C)C. The molecule has 1 rings (SSSR count). The summed E-state index contributed by atoms with van der Waals surface area (Å²) in [5.41, 5.74) is 0.0719. The van der Waals surface area contributed by atoms with Gasteiger partial charge in [-0.3, -0.25) is 0 Å². The quantitative estimate of drug-likeness (QED) is 0.779. The molecule has 22 heavy (non-hydrogen) atoms. The molecule has 0 heterocycles. The highest BCUT2D eigenvalue weighted by molar-refractivity contribution is 5.67. The molecule has 0 spiro atoms. The third-order valence-electron chi connectivity index (χ3n) is 4.48. The average molecular weight is 312 g/mol. The van der Waals surface area contributed by atoms with E-state index in [0.29, 0.717) is 11.5 Å². The summed E-state index contributed by atoms with van der Waals surface area (Å²) in [6, 6.07) is 0.625. The van der Waals surface area contributed by atoms with Crippen LogP contribution in [0.5, 0.6) is 0 Å². The van der Waals surface area contributed by atoms with Gasteiger partial charge in [0.1, 0.15) is 5.60 Å². The van der Waals surface area contributed by atoms with Crippen LogP contribution in [0.1, 0.15) is 67.2 Å². The van der Waals surface area contributed by atoms with E-state index in [-0.39, 0.29) is 6.09 Å². The first-order chi connectivity index (χ1) is 10.0. The van der Waals surface area contributed by atoms with E-state index < -0.39 is 5.60 Å². The smallest absolute Gasteiger partial charge is 0.410 e. The zero-order chi connectivity index (χ0) is 17.0. The van der Waals surface area contributed by atoms with Crippen LogP contribution in [0.4, 0.5) is 4.79 Å². The third kappa shape index (κ3) is 6.99. The lowest BCUT2D eigenvalue weighted by Crippen LogP contribution is -2.42. The molecule has 1 amide bonds. The van der Waals surface area contributed by atoms with Crippen LogP contribution in [-0.2, 0) is 4.74 Å². The normalized spacial score (nSPS) is 24.9. The van der Waals surface area contributed by atoms with Crippen LogP contribution < -0.4 is 5.32 Å². The second-order valence-corrected chi connectivity index (χ2v) is 8.70. The van der Waals surface area contributed by atoms with Gasteiger partial charge < -0.3 is 15.0 Å². The predicted molar refractivity (Wildman–Crippen MR) is 92.1 cm³/mol. The lowest BCUT2D eigenvalue weighted by atomic mass is 9.70. The van der Waals surface area contributed by atoms with E-state index in [4.69, 9.17) is 4.74 Å². The molecule has 4 heteroatoms. The Bertz CT molecular complexity index is 361. The maximum absolute atomic E-state index is 11.9. The maximum Gasteiger partial charge on any atom is 0.410 e. The Hall–Kier alpha value is -0.770. The number of hydrogen-bond acceptors (Lipinski definition) is 3. The van der Waals surface area contributed by atoms with Crippen molar-refractivity contribution in [3.8, 4) is 0 Å². The van der Waals surface area contributed by atoms with Gasteiger partial charge in [0, 0.05) is 19.6 Å². The molecular weight excluding hydrogens is 276 g/mol. The molecule has 1 saturated carbocycles. The van der Waals surface area contributed by atoms with E-state index in [1.807, 2.05) is 20.8 Å². The molecule has 0 bridgehead atoms. The van der Waals surface area contributed by atoms with Crippen LogP contribution in [0.15, 0.2) is 0 Å². The van der Waals surface area contributed by atoms with E-state index in [1.54, 1.807) is 11.9 Å². The fourth-order valence-electron chi connectivity index (χ4n) is 3.28. The van der Waals surface area contributed by atoms with E-state index in [0.717, 1.165) is 25.4 Å². The van der Waals surface area contributed by atoms with Gasteiger partial charge in [-0.1, -0.05) is 20.8 Å². The van der Waals surface area contributed by atoms with Crippen LogP contribution in [0.2, 0.25) is 0 Å². The standard InChI is InChI=1S/C18H36N2O2/c1-14-13-18(5,6)10-9-15(14)19-11-8-12-20(7)16(21)22-17(2,3)4/h14-15,19H,8-13H2,1-7H3. The van der Waals surface area contributed by atoms with Gasteiger partial charge in [0.05, 0.1) is 0 Å². The van der Waals surface area contributed by atoms with Crippen LogP contribution in [0.25, 0.3) is 0 Å². The summed E-state index contributed by atoms with van der Waals surface area (Å²) in [7, 11) is 1.81. The van der Waals surface area contributed by atoms with Gasteiger partial charge in [-0.2, -0.15) is 0 Å². The summed E-state index contributed by atoms with van der Waals surface area (Å²) in [5, 5.41) is 3.67. The molecule has 130 valence electrons. The Morgan fingerprint density at radius 1 is 1.36 bits per heavy atom. The monoisotopic (exact) mass is 312 g/mol. The number of nitrogens with zero attached hydrogens (tertiary/aromatic N) is 1. The second-order valence-electron chi connectivity index (χ2n) is 8.70. The summed E-state index contributed by atoms with van der Waals surface area (Å²) in [5.74, 6) is 0.729. The molecule has 4 nitrogen and oxygen atoms in total. The lowest BCUT2D eigenvalue weighted by molar-refractivity contribution is 0.0296. The molecule has 0 aromatic heterocycles. The molecule has 1 fully saturated rings. The first-order valence-electron chi connectivity index (χ1n) is 8.68. The number of carbonyl (C=O) groups is 1. The van der Waals surface area contributed by atoms with Crippen molar-refractivity contribution >= 4 is 6.09 Å². The Morgan fingerprint density at radius 3 is 2.55 bits per heavy atom. The molecule has 1 N–H and O–H groups in total. The number of amides is 1. The fraction of sp³-hybridized carbons (Fsp3) is 0.944. The van der Waals surface area contributed by atoms with Crippen molar-refractivity contribution in [2.75, 3.05) is 20.1 Å². The van der Waals surface area contributed by atoms with E-state index in [9.17, 15) is 4.79 Å². The molecule has 2 unspecified atom stereocenters. The maximum atomic E-state index is 11.9. The van der Waals surface area contributed by atoms with Gasteiger partial charge in [0.25, 0.3) is 0 Å². The first-order valence-corrected chi connectivity index (χ1v) is 8.68. The van der Waals surface area contributed by atoms with Crippen molar-refractivity contribution < 1.29 is 9.53 Å². The van der Waals surface area contributed by atoms with E-state index in [2.05, 4.69) is 26.1 Å². The van der Waals surface area contributed by atoms with Crippen molar-refractivity contribution in [3.63, 3.8) is 0 Å². The third-order valence-corrected chi connectivity index (χ3v) is 4.48. The Morgan fingerprint density at radius 2 is 2.00 bits per heavy atom. The highest BCUT2D eigenvalue weighted by Gasteiger charge is 2.31. The van der Waals surface area contributed by atoms with Crippen molar-refractivity contribution in [1.29, 1.82) is 0 Å². The van der Waals surface area contributed by atoms with Gasteiger partial charge in [0.2, 0.25) is 0 Å². The fourth-order valence-corrected chi connectivity index (χ4v) is 3.28. The molecule has 1 aliphatic carbocycles. The Balaban J connectivity index is 2.21. The molecular formula is C18H36N2O2. The minimum absolute atomic E-state index is 0.236. The van der Waals surface area contributed by atoms with Crippen molar-refractivity contribution in [3.05, 3.63) is 0 Å². The van der Waals surface area contributed by atoms with Crippen LogP contribution in [0, 0.1) is 11.3 Å². The van der Waals surface area contributed by atoms with Gasteiger partial charge in [-0.05, 0) is 64.3 Å². The first kappa shape index (κ1) is 19.3. The highest BCUT2D eigenvalue weighted by atomic mass is 16.6. The largest absolute Gasteiger partial charge is 0.444 e. The number of nitrogens with one attached hydrogen (secondary N) is 1. The molecule has 0 aliphatic heterocycles. The summed E-state index contributed by atoms with van der Waals surface area (Å²) in [6.45, 7) is 14.5. The number of hydrogen-bond donors (Lipinski definition) is 1. The highest BCUT2D eigenvalue weighted by Crippen LogP contribution is 2.38. The van der Waals surface area contributed by atoms with Crippen molar-refractivity contribution in [2.24, 2.45) is 11.3 Å². The molecule has 0 aromatic rings. The molecule has 0 saturated heterocycles.